The van der Waals surface area contributed by atoms with Crippen molar-refractivity contribution in [2.24, 2.45) is 0 Å². The normalized spacial score (nSPS) is 10.9. The van der Waals surface area contributed by atoms with Crippen LogP contribution in [0.1, 0.15) is 21.6 Å². The molecule has 29 heavy (non-hydrogen) atoms. The van der Waals surface area contributed by atoms with Crippen molar-refractivity contribution < 1.29 is 4.79 Å². The van der Waals surface area contributed by atoms with E-state index in [4.69, 9.17) is 28.2 Å². The van der Waals surface area contributed by atoms with E-state index >= 15 is 0 Å². The van der Waals surface area contributed by atoms with Gasteiger partial charge in [0.05, 0.1) is 34.0 Å². The molecule has 1 N–H and O–H groups in total. The van der Waals surface area contributed by atoms with Gasteiger partial charge in [0.25, 0.3) is 5.91 Å². The number of aromatic nitrogens is 2. The summed E-state index contributed by atoms with van der Waals surface area (Å²) >= 11 is 12.5. The molecule has 2 aromatic carbocycles. The maximum atomic E-state index is 13.2. The smallest absolute Gasteiger partial charge is 0.252 e. The maximum absolute atomic E-state index is 13.2. The number of nitrogens with one attached hydrogen (secondary N) is 1. The maximum Gasteiger partial charge on any atom is 0.252 e. The Labute approximate surface area is 178 Å². The summed E-state index contributed by atoms with van der Waals surface area (Å²) in [6.07, 6.45) is 1.70. The number of benzene rings is 2. The first-order chi connectivity index (χ1) is 14.0. The first-order valence-electron chi connectivity index (χ1n) is 9.07. The van der Waals surface area contributed by atoms with Crippen LogP contribution in [0.3, 0.4) is 0 Å². The van der Waals surface area contributed by atoms with Crippen molar-refractivity contribution in [2.75, 3.05) is 0 Å². The molecule has 6 heteroatoms. The highest BCUT2D eigenvalue weighted by atomic mass is 35.5. The molecule has 0 aliphatic rings. The molecule has 2 heterocycles. The van der Waals surface area contributed by atoms with Crippen LogP contribution < -0.4 is 5.32 Å². The Kier molecular flexibility index (Phi) is 5.47. The average molecular weight is 422 g/mol. The lowest BCUT2D eigenvalue weighted by atomic mass is 9.97. The van der Waals surface area contributed by atoms with Crippen molar-refractivity contribution in [2.45, 2.75) is 13.5 Å². The van der Waals surface area contributed by atoms with E-state index in [1.165, 1.54) is 0 Å². The molecule has 0 atom stereocenters. The van der Waals surface area contributed by atoms with E-state index in [1.54, 1.807) is 18.3 Å². The zero-order chi connectivity index (χ0) is 20.4. The molecular formula is C23H17Cl2N3O. The molecule has 1 amide bonds. The number of carbonyl (C=O) groups excluding carboxylic acids is 1. The number of carbonyl (C=O) groups is 1. The number of halogens is 2. The van der Waals surface area contributed by atoms with E-state index in [0.29, 0.717) is 27.8 Å². The largest absolute Gasteiger partial charge is 0.346 e. The molecular weight excluding hydrogens is 405 g/mol. The van der Waals surface area contributed by atoms with Gasteiger partial charge < -0.3 is 5.32 Å². The predicted octanol–water partition coefficient (Wildman–Crippen LogP) is 5.84. The minimum atomic E-state index is -0.182. The zero-order valence-corrected chi connectivity index (χ0v) is 17.1. The van der Waals surface area contributed by atoms with Gasteiger partial charge in [0.1, 0.15) is 0 Å². The Balaban J connectivity index is 1.82. The lowest BCUT2D eigenvalue weighted by Crippen LogP contribution is -2.24. The molecule has 0 fully saturated rings. The van der Waals surface area contributed by atoms with Gasteiger partial charge in [0.2, 0.25) is 0 Å². The molecule has 2 aromatic heterocycles. The Hall–Kier alpha value is -2.95. The summed E-state index contributed by atoms with van der Waals surface area (Å²) in [5, 5.41) is 4.79. The summed E-state index contributed by atoms with van der Waals surface area (Å²) in [4.78, 5) is 22.2. The SMILES string of the molecule is Cc1c(-c2ccc(Cl)cc2Cl)nc2ccccc2c1C(=O)NCc1ccccn1. The van der Waals surface area contributed by atoms with Crippen LogP contribution >= 0.6 is 23.2 Å². The van der Waals surface area contributed by atoms with Crippen LogP contribution in [-0.4, -0.2) is 15.9 Å². The summed E-state index contributed by atoms with van der Waals surface area (Å²) in [5.74, 6) is -0.182. The lowest BCUT2D eigenvalue weighted by molar-refractivity contribution is 0.0951. The third-order valence-electron chi connectivity index (χ3n) is 4.71. The molecule has 0 unspecified atom stereocenters. The van der Waals surface area contributed by atoms with E-state index in [-0.39, 0.29) is 5.91 Å². The van der Waals surface area contributed by atoms with Gasteiger partial charge in [-0.25, -0.2) is 4.98 Å². The van der Waals surface area contributed by atoms with Gasteiger partial charge in [0.15, 0.2) is 0 Å². The number of fused-ring (bicyclic) bond motifs is 1. The van der Waals surface area contributed by atoms with Crippen LogP contribution in [0.25, 0.3) is 22.2 Å². The van der Waals surface area contributed by atoms with E-state index in [2.05, 4.69) is 10.3 Å². The number of hydrogen-bond donors (Lipinski definition) is 1. The lowest BCUT2D eigenvalue weighted by Gasteiger charge is -2.15. The summed E-state index contributed by atoms with van der Waals surface area (Å²) in [6.45, 7) is 2.22. The first kappa shape index (κ1) is 19.4. The zero-order valence-electron chi connectivity index (χ0n) is 15.6. The minimum Gasteiger partial charge on any atom is -0.346 e. The van der Waals surface area contributed by atoms with Gasteiger partial charge in [-0.05, 0) is 48.9 Å². The standard InChI is InChI=1S/C23H17Cl2N3O/c1-14-21(23(29)27-13-16-6-4-5-11-26-16)18-7-2-3-8-20(18)28-22(14)17-10-9-15(24)12-19(17)25/h2-12H,13H2,1H3,(H,27,29). The number of para-hydroxylation sites is 1. The minimum absolute atomic E-state index is 0.182. The second-order valence-electron chi connectivity index (χ2n) is 6.61. The van der Waals surface area contributed by atoms with E-state index < -0.39 is 0 Å². The van der Waals surface area contributed by atoms with Gasteiger partial charge in [-0.2, -0.15) is 0 Å². The fraction of sp³-hybridized carbons (Fsp3) is 0.0870. The number of rotatable bonds is 4. The predicted molar refractivity (Wildman–Crippen MR) is 117 cm³/mol. The number of pyridine rings is 2. The van der Waals surface area contributed by atoms with Gasteiger partial charge in [0, 0.05) is 22.2 Å². The summed E-state index contributed by atoms with van der Waals surface area (Å²) < 4.78 is 0. The van der Waals surface area contributed by atoms with Gasteiger partial charge in [-0.3, -0.25) is 9.78 Å². The molecule has 0 spiro atoms. The number of amides is 1. The average Bonchev–Trinajstić information content (AvgIpc) is 2.73. The Morgan fingerprint density at radius 3 is 2.59 bits per heavy atom. The highest BCUT2D eigenvalue weighted by molar-refractivity contribution is 6.36. The molecule has 0 bridgehead atoms. The van der Waals surface area contributed by atoms with Crippen molar-refractivity contribution in [1.82, 2.24) is 15.3 Å². The third kappa shape index (κ3) is 3.95. The second-order valence-corrected chi connectivity index (χ2v) is 7.45. The monoisotopic (exact) mass is 421 g/mol. The van der Waals surface area contributed by atoms with Gasteiger partial charge in [-0.1, -0.05) is 47.5 Å². The second kappa shape index (κ2) is 8.19. The molecule has 0 aliphatic carbocycles. The summed E-state index contributed by atoms with van der Waals surface area (Å²) in [6, 6.07) is 18.4. The van der Waals surface area contributed by atoms with Crippen molar-refractivity contribution in [3.05, 3.63) is 93.7 Å². The van der Waals surface area contributed by atoms with Crippen molar-refractivity contribution in [3.8, 4) is 11.3 Å². The van der Waals surface area contributed by atoms with Crippen molar-refractivity contribution in [1.29, 1.82) is 0 Å². The Morgan fingerprint density at radius 2 is 1.83 bits per heavy atom. The molecule has 4 aromatic rings. The van der Waals surface area contributed by atoms with Crippen LogP contribution in [0.15, 0.2) is 66.9 Å². The van der Waals surface area contributed by atoms with Crippen LogP contribution in [0.2, 0.25) is 10.0 Å². The Bertz CT molecular complexity index is 1210. The van der Waals surface area contributed by atoms with Crippen LogP contribution in [0, 0.1) is 6.92 Å². The molecule has 144 valence electrons. The Morgan fingerprint density at radius 1 is 1.03 bits per heavy atom. The third-order valence-corrected chi connectivity index (χ3v) is 5.25. The highest BCUT2D eigenvalue weighted by Crippen LogP contribution is 2.34. The van der Waals surface area contributed by atoms with Crippen LogP contribution in [0.4, 0.5) is 0 Å². The van der Waals surface area contributed by atoms with Crippen molar-refractivity contribution >= 4 is 40.0 Å². The van der Waals surface area contributed by atoms with Crippen molar-refractivity contribution in [3.63, 3.8) is 0 Å². The molecule has 0 aliphatic heterocycles. The topological polar surface area (TPSA) is 54.9 Å². The molecule has 4 rings (SSSR count). The van der Waals surface area contributed by atoms with E-state index in [9.17, 15) is 4.79 Å². The summed E-state index contributed by atoms with van der Waals surface area (Å²) in [7, 11) is 0. The molecule has 0 saturated heterocycles. The fourth-order valence-corrected chi connectivity index (χ4v) is 3.80. The van der Waals surface area contributed by atoms with Crippen LogP contribution in [-0.2, 0) is 6.54 Å². The van der Waals surface area contributed by atoms with Crippen LogP contribution in [0.5, 0.6) is 0 Å². The molecule has 4 nitrogen and oxygen atoms in total. The van der Waals surface area contributed by atoms with E-state index in [0.717, 1.165) is 27.7 Å². The van der Waals surface area contributed by atoms with Gasteiger partial charge in [-0.15, -0.1) is 0 Å². The molecule has 0 radical (unpaired) electrons. The quantitative estimate of drug-likeness (QED) is 0.450. The first-order valence-corrected chi connectivity index (χ1v) is 9.83. The highest BCUT2D eigenvalue weighted by Gasteiger charge is 2.20. The van der Waals surface area contributed by atoms with E-state index in [1.807, 2.05) is 55.5 Å². The summed E-state index contributed by atoms with van der Waals surface area (Å²) in [5.41, 5.74) is 4.24. The number of hydrogen-bond acceptors (Lipinski definition) is 3. The number of nitrogens with zero attached hydrogens (tertiary/aromatic N) is 2. The fourth-order valence-electron chi connectivity index (χ4n) is 3.31. The molecule has 0 saturated carbocycles. The van der Waals surface area contributed by atoms with Gasteiger partial charge >= 0.3 is 0 Å².